The molecule has 0 aromatic heterocycles. The molecule has 0 spiro atoms. The van der Waals surface area contributed by atoms with E-state index in [1.807, 2.05) is 18.2 Å². The first kappa shape index (κ1) is 22.6. The van der Waals surface area contributed by atoms with E-state index in [0.717, 1.165) is 19.6 Å². The number of piperazine rings is 1. The molecule has 0 bridgehead atoms. The Morgan fingerprint density at radius 2 is 1.81 bits per heavy atom. The summed E-state index contributed by atoms with van der Waals surface area (Å²) in [5.41, 5.74) is 1.55. The molecule has 2 amide bonds. The first-order valence-electron chi connectivity index (χ1n) is 10.3. The van der Waals surface area contributed by atoms with E-state index < -0.39 is 9.84 Å². The lowest BCUT2D eigenvalue weighted by molar-refractivity contribution is -0.132. The summed E-state index contributed by atoms with van der Waals surface area (Å²) in [6.45, 7) is 3.26. The number of fused-ring (bicyclic) bond motifs is 1. The van der Waals surface area contributed by atoms with Gasteiger partial charge in [-0.05, 0) is 11.6 Å². The first-order chi connectivity index (χ1) is 15.3. The number of carbonyl (C=O) groups is 2. The van der Waals surface area contributed by atoms with Gasteiger partial charge < -0.3 is 15.0 Å². The van der Waals surface area contributed by atoms with Crippen molar-refractivity contribution in [3.8, 4) is 5.75 Å². The Kier molecular flexibility index (Phi) is 6.68. The highest BCUT2D eigenvalue weighted by Crippen LogP contribution is 2.36. The van der Waals surface area contributed by atoms with Crippen LogP contribution in [0.4, 0.5) is 5.69 Å². The van der Waals surface area contributed by atoms with Crippen LogP contribution in [0, 0.1) is 0 Å². The van der Waals surface area contributed by atoms with E-state index in [2.05, 4.69) is 22.3 Å². The highest BCUT2D eigenvalue weighted by atomic mass is 35.5. The summed E-state index contributed by atoms with van der Waals surface area (Å²) >= 11 is 6.15. The Morgan fingerprint density at radius 1 is 1.09 bits per heavy atom. The van der Waals surface area contributed by atoms with Gasteiger partial charge in [0, 0.05) is 45.2 Å². The molecule has 0 radical (unpaired) electrons. The fraction of sp³-hybridized carbons (Fsp3) is 0.364. The van der Waals surface area contributed by atoms with Crippen LogP contribution < -0.4 is 10.1 Å². The van der Waals surface area contributed by atoms with Crippen molar-refractivity contribution in [2.45, 2.75) is 17.9 Å². The van der Waals surface area contributed by atoms with Gasteiger partial charge in [0.15, 0.2) is 16.4 Å². The third-order valence-corrected chi connectivity index (χ3v) is 7.73. The van der Waals surface area contributed by atoms with Gasteiger partial charge in [-0.2, -0.15) is 0 Å². The zero-order valence-electron chi connectivity index (χ0n) is 17.4. The van der Waals surface area contributed by atoms with Gasteiger partial charge in [0.1, 0.15) is 5.75 Å². The summed E-state index contributed by atoms with van der Waals surface area (Å²) in [7, 11) is -3.81. The number of nitrogens with zero attached hydrogens (tertiary/aromatic N) is 2. The van der Waals surface area contributed by atoms with Crippen LogP contribution in [0.1, 0.15) is 12.0 Å². The molecular weight excluding hydrogens is 454 g/mol. The van der Waals surface area contributed by atoms with Gasteiger partial charge in [-0.1, -0.05) is 41.9 Å². The monoisotopic (exact) mass is 477 g/mol. The van der Waals surface area contributed by atoms with Crippen molar-refractivity contribution in [2.24, 2.45) is 0 Å². The van der Waals surface area contributed by atoms with Crippen molar-refractivity contribution in [2.75, 3.05) is 43.9 Å². The average molecular weight is 478 g/mol. The number of carbonyl (C=O) groups excluding carboxylic acids is 2. The highest BCUT2D eigenvalue weighted by Gasteiger charge is 2.27. The second-order valence-electron chi connectivity index (χ2n) is 7.83. The Balaban J connectivity index is 1.32. The van der Waals surface area contributed by atoms with Crippen molar-refractivity contribution in [3.63, 3.8) is 0 Å². The van der Waals surface area contributed by atoms with Gasteiger partial charge in [-0.15, -0.1) is 0 Å². The SMILES string of the molecule is O=C1COc2cc(S(=O)(=O)CCC(=O)N3CCN(Cc4ccccc4)CC3)c(Cl)cc2N1. The number of ether oxygens (including phenoxy) is 1. The number of sulfone groups is 1. The van der Waals surface area contributed by atoms with E-state index in [0.29, 0.717) is 18.8 Å². The number of hydrogen-bond acceptors (Lipinski definition) is 6. The van der Waals surface area contributed by atoms with Crippen LogP contribution in [0.3, 0.4) is 0 Å². The number of amides is 2. The van der Waals surface area contributed by atoms with Crippen molar-refractivity contribution in [1.82, 2.24) is 9.80 Å². The van der Waals surface area contributed by atoms with Crippen LogP contribution in [0.5, 0.6) is 5.75 Å². The van der Waals surface area contributed by atoms with E-state index >= 15 is 0 Å². The zero-order chi connectivity index (χ0) is 22.7. The number of anilines is 1. The fourth-order valence-corrected chi connectivity index (χ4v) is 5.63. The molecule has 2 aromatic rings. The third kappa shape index (κ3) is 5.23. The Bertz CT molecular complexity index is 1120. The minimum absolute atomic E-state index is 0.0171. The van der Waals surface area contributed by atoms with Crippen molar-refractivity contribution < 1.29 is 22.7 Å². The molecule has 2 aliphatic rings. The number of hydrogen-bond donors (Lipinski definition) is 1. The van der Waals surface area contributed by atoms with Crippen LogP contribution >= 0.6 is 11.6 Å². The molecule has 32 heavy (non-hydrogen) atoms. The van der Waals surface area contributed by atoms with Gasteiger partial charge in [-0.25, -0.2) is 8.42 Å². The van der Waals surface area contributed by atoms with Gasteiger partial charge in [0.2, 0.25) is 5.91 Å². The second kappa shape index (κ2) is 9.48. The molecule has 1 fully saturated rings. The molecular formula is C22H24ClN3O5S. The fourth-order valence-electron chi connectivity index (χ4n) is 3.81. The van der Waals surface area contributed by atoms with Gasteiger partial charge in [0.05, 0.1) is 21.4 Å². The van der Waals surface area contributed by atoms with E-state index in [1.165, 1.54) is 17.7 Å². The summed E-state index contributed by atoms with van der Waals surface area (Å²) in [5.74, 6) is -0.626. The quantitative estimate of drug-likeness (QED) is 0.685. The topological polar surface area (TPSA) is 96.0 Å². The van der Waals surface area contributed by atoms with Crippen molar-refractivity contribution >= 4 is 38.9 Å². The Morgan fingerprint density at radius 3 is 2.53 bits per heavy atom. The smallest absolute Gasteiger partial charge is 0.262 e. The Hall–Kier alpha value is -2.62. The second-order valence-corrected chi connectivity index (χ2v) is 10.3. The maximum Gasteiger partial charge on any atom is 0.262 e. The molecule has 2 heterocycles. The molecule has 2 aliphatic heterocycles. The summed E-state index contributed by atoms with van der Waals surface area (Å²) in [6, 6.07) is 12.8. The summed E-state index contributed by atoms with van der Waals surface area (Å²) < 4.78 is 31.0. The normalized spacial score (nSPS) is 16.8. The van der Waals surface area contributed by atoms with E-state index in [1.54, 1.807) is 4.90 Å². The maximum atomic E-state index is 12.8. The lowest BCUT2D eigenvalue weighted by atomic mass is 10.2. The molecule has 1 N–H and O–H groups in total. The molecule has 0 aliphatic carbocycles. The predicted octanol–water partition coefficient (Wildman–Crippen LogP) is 2.18. The minimum atomic E-state index is -3.81. The molecule has 0 unspecified atom stereocenters. The van der Waals surface area contributed by atoms with Crippen LogP contribution in [-0.2, 0) is 26.0 Å². The van der Waals surface area contributed by atoms with Crippen LogP contribution in [0.25, 0.3) is 0 Å². The molecule has 2 aromatic carbocycles. The first-order valence-corrected chi connectivity index (χ1v) is 12.4. The maximum absolute atomic E-state index is 12.8. The molecule has 10 heteroatoms. The molecule has 0 saturated carbocycles. The van der Waals surface area contributed by atoms with E-state index in [4.69, 9.17) is 16.3 Å². The number of benzene rings is 2. The lowest BCUT2D eigenvalue weighted by Crippen LogP contribution is -2.48. The van der Waals surface area contributed by atoms with Gasteiger partial charge in [-0.3, -0.25) is 14.5 Å². The standard InChI is InChI=1S/C22H24ClN3O5S/c23-17-12-18-19(31-15-21(27)24-18)13-20(17)32(29,30)11-6-22(28)26-9-7-25(8-10-26)14-16-4-2-1-3-5-16/h1-5,12-13H,6-11,14-15H2,(H,24,27). The molecule has 0 atom stereocenters. The average Bonchev–Trinajstić information content (AvgIpc) is 2.78. The van der Waals surface area contributed by atoms with Crippen LogP contribution in [0.15, 0.2) is 47.4 Å². The largest absolute Gasteiger partial charge is 0.482 e. The van der Waals surface area contributed by atoms with Gasteiger partial charge >= 0.3 is 0 Å². The summed E-state index contributed by atoms with van der Waals surface area (Å²) in [4.78, 5) is 27.9. The third-order valence-electron chi connectivity index (χ3n) is 5.56. The van der Waals surface area contributed by atoms with Crippen molar-refractivity contribution in [3.05, 3.63) is 53.1 Å². The number of nitrogens with one attached hydrogen (secondary N) is 1. The Labute approximate surface area is 192 Å². The minimum Gasteiger partial charge on any atom is -0.482 e. The van der Waals surface area contributed by atoms with E-state index in [-0.39, 0.29) is 46.3 Å². The lowest BCUT2D eigenvalue weighted by Gasteiger charge is -2.34. The molecule has 170 valence electrons. The van der Waals surface area contributed by atoms with Crippen LogP contribution in [0.2, 0.25) is 5.02 Å². The highest BCUT2D eigenvalue weighted by molar-refractivity contribution is 7.91. The van der Waals surface area contributed by atoms with Gasteiger partial charge in [0.25, 0.3) is 5.91 Å². The zero-order valence-corrected chi connectivity index (χ0v) is 19.0. The molecule has 1 saturated heterocycles. The number of rotatable bonds is 6. The molecule has 4 rings (SSSR count). The van der Waals surface area contributed by atoms with Crippen LogP contribution in [-0.4, -0.2) is 68.6 Å². The predicted molar refractivity (Wildman–Crippen MR) is 121 cm³/mol. The summed E-state index contributed by atoms with van der Waals surface area (Å²) in [5, 5.41) is 2.57. The van der Waals surface area contributed by atoms with E-state index in [9.17, 15) is 18.0 Å². The van der Waals surface area contributed by atoms with Crippen molar-refractivity contribution in [1.29, 1.82) is 0 Å². The molecule has 8 nitrogen and oxygen atoms in total. The summed E-state index contributed by atoms with van der Waals surface area (Å²) in [6.07, 6.45) is -0.119. The number of halogens is 1.